The van der Waals surface area contributed by atoms with Crippen LogP contribution in [0.25, 0.3) is 22.9 Å². The van der Waals surface area contributed by atoms with Crippen LogP contribution in [-0.2, 0) is 6.61 Å². The Balaban J connectivity index is 1.57. The highest BCUT2D eigenvalue weighted by atomic mass is 35.5. The van der Waals surface area contributed by atoms with E-state index in [0.29, 0.717) is 44.4 Å². The zero-order chi connectivity index (χ0) is 23.2. The summed E-state index contributed by atoms with van der Waals surface area (Å²) in [5, 5.41) is 13.3. The van der Waals surface area contributed by atoms with E-state index in [9.17, 15) is 5.26 Å². The molecule has 4 nitrogen and oxygen atoms in total. The van der Waals surface area contributed by atoms with Crippen LogP contribution in [0.15, 0.2) is 72.1 Å². The van der Waals surface area contributed by atoms with Crippen molar-refractivity contribution in [1.82, 2.24) is 4.98 Å². The third-order valence-electron chi connectivity index (χ3n) is 4.80. The van der Waals surface area contributed by atoms with E-state index in [-0.39, 0.29) is 0 Å². The van der Waals surface area contributed by atoms with Crippen molar-refractivity contribution in [3.05, 3.63) is 98.3 Å². The molecule has 0 saturated carbocycles. The average Bonchev–Trinajstić information content (AvgIpc) is 3.31. The van der Waals surface area contributed by atoms with Crippen molar-refractivity contribution in [2.45, 2.75) is 6.61 Å². The van der Waals surface area contributed by atoms with Crippen molar-refractivity contribution in [2.24, 2.45) is 0 Å². The molecule has 7 heteroatoms. The first kappa shape index (κ1) is 22.9. The number of halogens is 2. The summed E-state index contributed by atoms with van der Waals surface area (Å²) >= 11 is 13.7. The van der Waals surface area contributed by atoms with Gasteiger partial charge in [0.15, 0.2) is 11.5 Å². The van der Waals surface area contributed by atoms with Gasteiger partial charge in [0.05, 0.1) is 23.4 Å². The Morgan fingerprint density at radius 2 is 1.88 bits per heavy atom. The van der Waals surface area contributed by atoms with E-state index >= 15 is 0 Å². The van der Waals surface area contributed by atoms with Gasteiger partial charge in [-0.25, -0.2) is 4.98 Å². The highest BCUT2D eigenvalue weighted by Crippen LogP contribution is 2.34. The third kappa shape index (κ3) is 5.55. The minimum atomic E-state index is 0.435. The van der Waals surface area contributed by atoms with Crippen LogP contribution in [0.1, 0.15) is 16.1 Å². The third-order valence-corrected chi connectivity index (χ3v) is 6.22. The molecule has 1 aromatic heterocycles. The fourth-order valence-electron chi connectivity index (χ4n) is 3.16. The van der Waals surface area contributed by atoms with Crippen LogP contribution in [0, 0.1) is 11.3 Å². The van der Waals surface area contributed by atoms with Gasteiger partial charge in [-0.2, -0.15) is 5.26 Å². The lowest BCUT2D eigenvalue weighted by Gasteiger charge is -2.11. The van der Waals surface area contributed by atoms with Crippen molar-refractivity contribution in [3.8, 4) is 28.8 Å². The monoisotopic (exact) mass is 492 g/mol. The van der Waals surface area contributed by atoms with Crippen LogP contribution in [0.2, 0.25) is 10.0 Å². The molecule has 0 unspecified atom stereocenters. The normalized spacial score (nSPS) is 11.2. The molecule has 1 heterocycles. The Morgan fingerprint density at radius 3 is 2.61 bits per heavy atom. The summed E-state index contributed by atoms with van der Waals surface area (Å²) in [6, 6.07) is 23.0. The van der Waals surface area contributed by atoms with Gasteiger partial charge in [0.1, 0.15) is 17.7 Å². The molecular formula is C26H18Cl2N2O2S. The Kier molecular flexibility index (Phi) is 7.31. The summed E-state index contributed by atoms with van der Waals surface area (Å²) in [6.45, 7) is 0.435. The summed E-state index contributed by atoms with van der Waals surface area (Å²) in [5.74, 6) is 1.22. The van der Waals surface area contributed by atoms with E-state index in [4.69, 9.17) is 32.7 Å². The number of aromatic nitrogens is 1. The van der Waals surface area contributed by atoms with E-state index < -0.39 is 0 Å². The molecular weight excluding hydrogens is 475 g/mol. The number of benzene rings is 3. The zero-order valence-corrected chi connectivity index (χ0v) is 19.9. The molecule has 0 aliphatic rings. The maximum Gasteiger partial charge on any atom is 0.161 e. The summed E-state index contributed by atoms with van der Waals surface area (Å²) < 4.78 is 11.4. The largest absolute Gasteiger partial charge is 0.493 e. The molecule has 0 fully saturated rings. The highest BCUT2D eigenvalue weighted by molar-refractivity contribution is 7.11. The minimum Gasteiger partial charge on any atom is -0.493 e. The van der Waals surface area contributed by atoms with Crippen molar-refractivity contribution in [1.29, 1.82) is 5.26 Å². The fourth-order valence-corrected chi connectivity index (χ4v) is 4.45. The fraction of sp³-hybridized carbons (Fsp3) is 0.0769. The number of nitriles is 1. The summed E-state index contributed by atoms with van der Waals surface area (Å²) in [4.78, 5) is 4.61. The van der Waals surface area contributed by atoms with Crippen LogP contribution in [0.5, 0.6) is 11.5 Å². The lowest BCUT2D eigenvalue weighted by Crippen LogP contribution is -1.97. The average molecular weight is 493 g/mol. The molecule has 0 atom stereocenters. The van der Waals surface area contributed by atoms with Crippen LogP contribution >= 0.6 is 34.5 Å². The smallest absolute Gasteiger partial charge is 0.161 e. The topological polar surface area (TPSA) is 55.1 Å². The van der Waals surface area contributed by atoms with Gasteiger partial charge in [0, 0.05) is 16.0 Å². The summed E-state index contributed by atoms with van der Waals surface area (Å²) in [5.41, 5.74) is 3.77. The molecule has 33 heavy (non-hydrogen) atoms. The molecule has 0 saturated heterocycles. The second kappa shape index (κ2) is 10.5. The number of methoxy groups -OCH3 is 1. The molecule has 0 amide bonds. The van der Waals surface area contributed by atoms with Gasteiger partial charge in [0.25, 0.3) is 0 Å². The highest BCUT2D eigenvalue weighted by Gasteiger charge is 2.13. The van der Waals surface area contributed by atoms with Gasteiger partial charge < -0.3 is 9.47 Å². The standard InChI is InChI=1S/C26H18Cl2N2O2S/c1-31-25-12-18(7-10-24(25)32-15-17-5-3-2-4-6-17)11-19(14-29)26-30-23(16-33-26)21-9-8-20(27)13-22(21)28/h2-13,16H,15H2,1H3. The Labute approximate surface area is 206 Å². The maximum atomic E-state index is 9.75. The number of allylic oxidation sites excluding steroid dienone is 1. The van der Waals surface area contributed by atoms with Crippen LogP contribution in [-0.4, -0.2) is 12.1 Å². The van der Waals surface area contributed by atoms with Crippen molar-refractivity contribution < 1.29 is 9.47 Å². The second-order valence-electron chi connectivity index (χ2n) is 7.02. The van der Waals surface area contributed by atoms with Gasteiger partial charge >= 0.3 is 0 Å². The molecule has 0 aliphatic carbocycles. The molecule has 4 rings (SSSR count). The maximum absolute atomic E-state index is 9.75. The Bertz CT molecular complexity index is 1340. The van der Waals surface area contributed by atoms with E-state index in [1.54, 1.807) is 25.3 Å². The number of thiazole rings is 1. The molecule has 0 spiro atoms. The number of hydrogen-bond acceptors (Lipinski definition) is 5. The van der Waals surface area contributed by atoms with Gasteiger partial charge in [-0.1, -0.05) is 59.6 Å². The van der Waals surface area contributed by atoms with Crippen molar-refractivity contribution >= 4 is 46.2 Å². The molecule has 0 radical (unpaired) electrons. The summed E-state index contributed by atoms with van der Waals surface area (Å²) in [7, 11) is 1.59. The quantitative estimate of drug-likeness (QED) is 0.247. The molecule has 0 bridgehead atoms. The van der Waals surface area contributed by atoms with E-state index in [0.717, 1.165) is 16.7 Å². The predicted octanol–water partition coefficient (Wildman–Crippen LogP) is 7.77. The number of rotatable bonds is 7. The van der Waals surface area contributed by atoms with Gasteiger partial charge in [-0.3, -0.25) is 0 Å². The van der Waals surface area contributed by atoms with E-state index in [2.05, 4.69) is 11.1 Å². The molecule has 0 aliphatic heterocycles. The van der Waals surface area contributed by atoms with Crippen molar-refractivity contribution in [2.75, 3.05) is 7.11 Å². The van der Waals surface area contributed by atoms with Crippen LogP contribution < -0.4 is 9.47 Å². The van der Waals surface area contributed by atoms with Crippen LogP contribution in [0.4, 0.5) is 0 Å². The van der Waals surface area contributed by atoms with Crippen LogP contribution in [0.3, 0.4) is 0 Å². The number of ether oxygens (including phenoxy) is 2. The molecule has 0 N–H and O–H groups in total. The second-order valence-corrected chi connectivity index (χ2v) is 8.72. The first-order chi connectivity index (χ1) is 16.1. The SMILES string of the molecule is COc1cc(C=C(C#N)c2nc(-c3ccc(Cl)cc3Cl)cs2)ccc1OCc1ccccc1. The van der Waals surface area contributed by atoms with Crippen molar-refractivity contribution in [3.63, 3.8) is 0 Å². The minimum absolute atomic E-state index is 0.435. The van der Waals surface area contributed by atoms with Gasteiger partial charge in [-0.05, 0) is 47.5 Å². The Morgan fingerprint density at radius 1 is 1.06 bits per heavy atom. The van der Waals surface area contributed by atoms with E-state index in [1.807, 2.05) is 60.0 Å². The lowest BCUT2D eigenvalue weighted by atomic mass is 10.1. The first-order valence-electron chi connectivity index (χ1n) is 9.95. The lowest BCUT2D eigenvalue weighted by molar-refractivity contribution is 0.284. The summed E-state index contributed by atoms with van der Waals surface area (Å²) in [6.07, 6.45) is 1.77. The molecule has 4 aromatic rings. The predicted molar refractivity (Wildman–Crippen MR) is 135 cm³/mol. The first-order valence-corrected chi connectivity index (χ1v) is 11.6. The zero-order valence-electron chi connectivity index (χ0n) is 17.6. The van der Waals surface area contributed by atoms with E-state index in [1.165, 1.54) is 11.3 Å². The molecule has 3 aromatic carbocycles. The molecule has 164 valence electrons. The van der Waals surface area contributed by atoms with Gasteiger partial charge in [0.2, 0.25) is 0 Å². The van der Waals surface area contributed by atoms with Gasteiger partial charge in [-0.15, -0.1) is 11.3 Å². The number of hydrogen-bond donors (Lipinski definition) is 0. The number of nitrogens with zero attached hydrogens (tertiary/aromatic N) is 2. The Hall–Kier alpha value is -3.30.